The first-order valence-corrected chi connectivity index (χ1v) is 7.41. The summed E-state index contributed by atoms with van der Waals surface area (Å²) in [4.78, 5) is 16.0. The third kappa shape index (κ3) is 1.63. The molecule has 0 saturated heterocycles. The lowest BCUT2D eigenvalue weighted by Gasteiger charge is -2.12. The Labute approximate surface area is 113 Å². The Balaban J connectivity index is 1.82. The van der Waals surface area contributed by atoms with E-state index >= 15 is 0 Å². The fourth-order valence-corrected chi connectivity index (χ4v) is 4.23. The standard InChI is InChI=1S/C13H13N3O2S/c17-16(18)12-11(14-13-15(12)3-4-19-13)7-10-6-8-1-2-9(10)5-8/h3-4,7-9H,1-2,5-6H2/b10-7-/t8-,9+/m1/s1. The normalized spacial score (nSPS) is 27.7. The summed E-state index contributed by atoms with van der Waals surface area (Å²) >= 11 is 1.43. The van der Waals surface area contributed by atoms with Crippen LogP contribution in [0.4, 0.5) is 5.82 Å². The number of nitrogens with zero attached hydrogens (tertiary/aromatic N) is 3. The van der Waals surface area contributed by atoms with Crippen molar-refractivity contribution in [2.75, 3.05) is 0 Å². The van der Waals surface area contributed by atoms with Crippen molar-refractivity contribution in [3.05, 3.63) is 33.0 Å². The highest BCUT2D eigenvalue weighted by Gasteiger charge is 2.36. The maximum atomic E-state index is 11.2. The molecular weight excluding hydrogens is 262 g/mol. The molecule has 98 valence electrons. The highest BCUT2D eigenvalue weighted by molar-refractivity contribution is 7.15. The molecular formula is C13H13N3O2S. The van der Waals surface area contributed by atoms with Crippen LogP contribution >= 0.6 is 11.3 Å². The fourth-order valence-electron chi connectivity index (χ4n) is 3.52. The average Bonchev–Trinajstić information content (AvgIpc) is 3.05. The molecule has 2 bridgehead atoms. The van der Waals surface area contributed by atoms with Gasteiger partial charge in [0.05, 0.1) is 0 Å². The van der Waals surface area contributed by atoms with E-state index in [4.69, 9.17) is 0 Å². The van der Waals surface area contributed by atoms with Crippen molar-refractivity contribution in [3.8, 4) is 0 Å². The van der Waals surface area contributed by atoms with Crippen LogP contribution < -0.4 is 0 Å². The summed E-state index contributed by atoms with van der Waals surface area (Å²) in [5, 5.41) is 13.1. The predicted octanol–water partition coefficient (Wildman–Crippen LogP) is 3.51. The molecule has 0 unspecified atom stereocenters. The van der Waals surface area contributed by atoms with Gasteiger partial charge in [-0.1, -0.05) is 16.9 Å². The van der Waals surface area contributed by atoms with Crippen LogP contribution in [-0.4, -0.2) is 14.3 Å². The molecule has 2 aliphatic carbocycles. The van der Waals surface area contributed by atoms with Crippen LogP contribution in [0.2, 0.25) is 0 Å². The predicted molar refractivity (Wildman–Crippen MR) is 73.1 cm³/mol. The molecule has 2 heterocycles. The van der Waals surface area contributed by atoms with Crippen molar-refractivity contribution in [1.82, 2.24) is 9.38 Å². The summed E-state index contributed by atoms with van der Waals surface area (Å²) in [6.07, 6.45) is 8.62. The molecule has 2 aromatic heterocycles. The summed E-state index contributed by atoms with van der Waals surface area (Å²) in [5.41, 5.74) is 1.89. The van der Waals surface area contributed by atoms with Gasteiger partial charge in [0.2, 0.25) is 0 Å². The highest BCUT2D eigenvalue weighted by Crippen LogP contribution is 2.48. The fraction of sp³-hybridized carbons (Fsp3) is 0.462. The van der Waals surface area contributed by atoms with Gasteiger partial charge in [0.1, 0.15) is 6.20 Å². The number of fused-ring (bicyclic) bond motifs is 3. The molecule has 4 rings (SSSR count). The smallest absolute Gasteiger partial charge is 0.355 e. The molecule has 0 spiro atoms. The Morgan fingerprint density at radius 1 is 1.53 bits per heavy atom. The molecule has 2 saturated carbocycles. The second kappa shape index (κ2) is 3.90. The minimum atomic E-state index is -0.327. The van der Waals surface area contributed by atoms with Crippen LogP contribution in [0, 0.1) is 22.0 Å². The lowest BCUT2D eigenvalue weighted by atomic mass is 9.94. The van der Waals surface area contributed by atoms with Gasteiger partial charge in [-0.15, -0.1) is 0 Å². The number of nitro groups is 1. The minimum absolute atomic E-state index is 0.103. The van der Waals surface area contributed by atoms with Crippen molar-refractivity contribution in [1.29, 1.82) is 0 Å². The lowest BCUT2D eigenvalue weighted by molar-refractivity contribution is -0.390. The zero-order valence-electron chi connectivity index (χ0n) is 10.3. The average molecular weight is 275 g/mol. The Hall–Kier alpha value is -1.69. The summed E-state index contributed by atoms with van der Waals surface area (Å²) in [7, 11) is 0. The Kier molecular flexibility index (Phi) is 2.29. The molecule has 0 amide bonds. The van der Waals surface area contributed by atoms with Crippen LogP contribution in [0.1, 0.15) is 31.4 Å². The van der Waals surface area contributed by atoms with Gasteiger partial charge >= 0.3 is 5.82 Å². The number of allylic oxidation sites excluding steroid dienone is 1. The monoisotopic (exact) mass is 275 g/mol. The Morgan fingerprint density at radius 3 is 3.11 bits per heavy atom. The van der Waals surface area contributed by atoms with Crippen molar-refractivity contribution in [3.63, 3.8) is 0 Å². The van der Waals surface area contributed by atoms with Crippen molar-refractivity contribution in [2.45, 2.75) is 25.7 Å². The first-order valence-electron chi connectivity index (χ1n) is 6.53. The molecule has 2 aliphatic rings. The third-order valence-corrected chi connectivity index (χ3v) is 5.10. The number of thiazole rings is 1. The van der Waals surface area contributed by atoms with Crippen molar-refractivity contribution >= 4 is 28.2 Å². The van der Waals surface area contributed by atoms with Gasteiger partial charge in [-0.3, -0.25) is 0 Å². The van der Waals surface area contributed by atoms with Gasteiger partial charge in [0.15, 0.2) is 5.69 Å². The highest BCUT2D eigenvalue weighted by atomic mass is 32.1. The molecule has 2 aromatic rings. The Morgan fingerprint density at radius 2 is 2.42 bits per heavy atom. The quantitative estimate of drug-likeness (QED) is 0.622. The summed E-state index contributed by atoms with van der Waals surface area (Å²) < 4.78 is 1.57. The van der Waals surface area contributed by atoms with Crippen LogP contribution in [-0.2, 0) is 0 Å². The number of hydrogen-bond donors (Lipinski definition) is 0. The number of aromatic nitrogens is 2. The van der Waals surface area contributed by atoms with Gasteiger partial charge in [-0.2, -0.15) is 9.38 Å². The van der Waals surface area contributed by atoms with E-state index in [1.54, 1.807) is 10.6 Å². The van der Waals surface area contributed by atoms with Gasteiger partial charge < -0.3 is 10.1 Å². The topological polar surface area (TPSA) is 60.4 Å². The second-order valence-corrected chi connectivity index (χ2v) is 6.31. The van der Waals surface area contributed by atoms with E-state index in [0.29, 0.717) is 16.6 Å². The second-order valence-electron chi connectivity index (χ2n) is 5.43. The maximum absolute atomic E-state index is 11.2. The van der Waals surface area contributed by atoms with Crippen LogP contribution in [0.3, 0.4) is 0 Å². The largest absolute Gasteiger partial charge is 0.358 e. The number of imidazole rings is 1. The van der Waals surface area contributed by atoms with E-state index < -0.39 is 0 Å². The van der Waals surface area contributed by atoms with Gasteiger partial charge in [0.25, 0.3) is 4.96 Å². The SMILES string of the molecule is O=[N+]([O-])c1c(/C=C2/C[C@@H]3CC[C@H]2C3)nc2sccn12. The van der Waals surface area contributed by atoms with Crippen molar-refractivity contribution < 1.29 is 4.92 Å². The molecule has 2 atom stereocenters. The Bertz CT molecular complexity index is 700. The van der Waals surface area contributed by atoms with Crippen LogP contribution in [0.25, 0.3) is 11.0 Å². The van der Waals surface area contributed by atoms with Gasteiger partial charge in [-0.25, -0.2) is 0 Å². The summed E-state index contributed by atoms with van der Waals surface area (Å²) in [5.74, 6) is 1.55. The van der Waals surface area contributed by atoms with Gasteiger partial charge in [-0.05, 0) is 48.5 Å². The summed E-state index contributed by atoms with van der Waals surface area (Å²) in [6, 6.07) is 0. The molecule has 5 nitrogen and oxygen atoms in total. The van der Waals surface area contributed by atoms with E-state index in [1.807, 2.05) is 11.5 Å². The van der Waals surface area contributed by atoms with E-state index in [2.05, 4.69) is 4.98 Å². The van der Waals surface area contributed by atoms with Crippen molar-refractivity contribution in [2.24, 2.45) is 11.8 Å². The first-order chi connectivity index (χ1) is 9.22. The first kappa shape index (κ1) is 11.2. The lowest BCUT2D eigenvalue weighted by Crippen LogP contribution is -1.99. The number of rotatable bonds is 2. The third-order valence-electron chi connectivity index (χ3n) is 4.35. The zero-order chi connectivity index (χ0) is 13.0. The van der Waals surface area contributed by atoms with E-state index in [0.717, 1.165) is 12.3 Å². The summed E-state index contributed by atoms with van der Waals surface area (Å²) in [6.45, 7) is 0. The van der Waals surface area contributed by atoms with Crippen LogP contribution in [0.5, 0.6) is 0 Å². The molecule has 19 heavy (non-hydrogen) atoms. The van der Waals surface area contributed by atoms with Gasteiger partial charge in [0, 0.05) is 5.38 Å². The molecule has 0 radical (unpaired) electrons. The van der Waals surface area contributed by atoms with E-state index in [-0.39, 0.29) is 10.7 Å². The minimum Gasteiger partial charge on any atom is -0.358 e. The molecule has 0 aliphatic heterocycles. The maximum Gasteiger partial charge on any atom is 0.355 e. The number of hydrogen-bond acceptors (Lipinski definition) is 4. The van der Waals surface area contributed by atoms with Crippen LogP contribution in [0.15, 0.2) is 17.2 Å². The zero-order valence-corrected chi connectivity index (χ0v) is 11.1. The molecule has 2 fully saturated rings. The molecule has 0 N–H and O–H groups in total. The molecule has 6 heteroatoms. The van der Waals surface area contributed by atoms with E-state index in [1.165, 1.54) is 36.2 Å². The van der Waals surface area contributed by atoms with E-state index in [9.17, 15) is 10.1 Å². The molecule has 0 aromatic carbocycles.